The summed E-state index contributed by atoms with van der Waals surface area (Å²) in [5, 5.41) is 13.2. The lowest BCUT2D eigenvalue weighted by atomic mass is 9.69. The highest BCUT2D eigenvalue weighted by molar-refractivity contribution is 4.89. The van der Waals surface area contributed by atoms with Gasteiger partial charge in [0.1, 0.15) is 0 Å². The maximum Gasteiger partial charge on any atom is 0.0899 e. The van der Waals surface area contributed by atoms with Crippen LogP contribution in [-0.4, -0.2) is 63.6 Å². The second-order valence-electron chi connectivity index (χ2n) is 6.54. The lowest BCUT2D eigenvalue weighted by Crippen LogP contribution is -2.46. The monoisotopic (exact) mass is 272 g/mol. The van der Waals surface area contributed by atoms with E-state index < -0.39 is 0 Å². The van der Waals surface area contributed by atoms with E-state index in [1.54, 1.807) is 7.11 Å². The van der Waals surface area contributed by atoms with E-state index in [4.69, 9.17) is 4.74 Å². The molecular weight excluding hydrogens is 240 g/mol. The minimum atomic E-state index is -0.386. The van der Waals surface area contributed by atoms with E-state index >= 15 is 0 Å². The fourth-order valence-corrected chi connectivity index (χ4v) is 3.75. The molecule has 1 aliphatic rings. The molecule has 0 spiro atoms. The van der Waals surface area contributed by atoms with Crippen molar-refractivity contribution < 1.29 is 9.84 Å². The van der Waals surface area contributed by atoms with Gasteiger partial charge >= 0.3 is 0 Å². The largest absolute Gasteiger partial charge is 0.389 e. The van der Waals surface area contributed by atoms with E-state index in [-0.39, 0.29) is 6.10 Å². The average Bonchev–Trinajstić information content (AvgIpc) is 2.28. The van der Waals surface area contributed by atoms with Gasteiger partial charge in [-0.25, -0.2) is 0 Å². The highest BCUT2D eigenvalue weighted by Crippen LogP contribution is 2.39. The summed E-state index contributed by atoms with van der Waals surface area (Å²) in [5.74, 6) is 0.819. The van der Waals surface area contributed by atoms with Gasteiger partial charge in [0.2, 0.25) is 0 Å². The molecule has 1 saturated carbocycles. The van der Waals surface area contributed by atoms with Crippen molar-refractivity contribution in [2.75, 3.05) is 47.4 Å². The number of methoxy groups -OCH3 is 1. The van der Waals surface area contributed by atoms with Crippen molar-refractivity contribution in [1.29, 1.82) is 0 Å². The van der Waals surface area contributed by atoms with Crippen LogP contribution in [0.15, 0.2) is 0 Å². The van der Waals surface area contributed by atoms with E-state index in [0.717, 1.165) is 19.0 Å². The molecule has 114 valence electrons. The number of rotatable bonds is 8. The Hall–Kier alpha value is -0.160. The molecule has 0 saturated heterocycles. The molecule has 0 amide bonds. The van der Waals surface area contributed by atoms with Gasteiger partial charge in [-0.1, -0.05) is 19.8 Å². The van der Waals surface area contributed by atoms with Crippen LogP contribution in [0.5, 0.6) is 0 Å². The zero-order chi connectivity index (χ0) is 14.3. The quantitative estimate of drug-likeness (QED) is 0.700. The minimum absolute atomic E-state index is 0.369. The van der Waals surface area contributed by atoms with Gasteiger partial charge in [-0.15, -0.1) is 0 Å². The topological polar surface area (TPSA) is 44.7 Å². The first-order chi connectivity index (χ1) is 9.01. The average molecular weight is 272 g/mol. The Bertz CT molecular complexity index is 246. The Morgan fingerprint density at radius 1 is 1.53 bits per heavy atom. The number of ether oxygens (including phenoxy) is 1. The Morgan fingerprint density at radius 3 is 2.84 bits per heavy atom. The number of nitrogens with zero attached hydrogens (tertiary/aromatic N) is 1. The van der Waals surface area contributed by atoms with Gasteiger partial charge in [-0.3, -0.25) is 0 Å². The molecule has 1 fully saturated rings. The van der Waals surface area contributed by atoms with Crippen molar-refractivity contribution in [2.45, 2.75) is 38.7 Å². The summed E-state index contributed by atoms with van der Waals surface area (Å²) in [6.07, 6.45) is 4.89. The molecule has 0 bridgehead atoms. The molecule has 1 rings (SSSR count). The molecule has 0 radical (unpaired) electrons. The first-order valence-corrected chi connectivity index (χ1v) is 7.51. The van der Waals surface area contributed by atoms with E-state index in [1.807, 2.05) is 7.05 Å². The fraction of sp³-hybridized carbons (Fsp3) is 1.00. The van der Waals surface area contributed by atoms with Gasteiger partial charge < -0.3 is 20.1 Å². The van der Waals surface area contributed by atoms with Gasteiger partial charge in [-0.05, 0) is 38.3 Å². The Morgan fingerprint density at radius 2 is 2.26 bits per heavy atom. The lowest BCUT2D eigenvalue weighted by molar-refractivity contribution is 0.0241. The van der Waals surface area contributed by atoms with Crippen LogP contribution in [-0.2, 0) is 4.74 Å². The summed E-state index contributed by atoms with van der Waals surface area (Å²) >= 11 is 0. The first kappa shape index (κ1) is 16.9. The van der Waals surface area contributed by atoms with Crippen molar-refractivity contribution in [3.05, 3.63) is 0 Å². The zero-order valence-electron chi connectivity index (χ0n) is 13.1. The van der Waals surface area contributed by atoms with Crippen LogP contribution < -0.4 is 5.32 Å². The van der Waals surface area contributed by atoms with Crippen LogP contribution in [0.3, 0.4) is 0 Å². The van der Waals surface area contributed by atoms with Crippen LogP contribution in [0.2, 0.25) is 0 Å². The van der Waals surface area contributed by atoms with Crippen LogP contribution >= 0.6 is 0 Å². The molecule has 4 nitrogen and oxygen atoms in total. The Balaban J connectivity index is 2.52. The van der Waals surface area contributed by atoms with Crippen molar-refractivity contribution in [3.8, 4) is 0 Å². The first-order valence-electron chi connectivity index (χ1n) is 7.51. The molecule has 1 aliphatic carbocycles. The van der Waals surface area contributed by atoms with Crippen molar-refractivity contribution >= 4 is 0 Å². The van der Waals surface area contributed by atoms with E-state index in [1.165, 1.54) is 25.7 Å². The molecular formula is C15H32N2O2. The van der Waals surface area contributed by atoms with Crippen LogP contribution in [0.25, 0.3) is 0 Å². The van der Waals surface area contributed by atoms with Crippen molar-refractivity contribution in [3.63, 3.8) is 0 Å². The second kappa shape index (κ2) is 8.20. The molecule has 0 heterocycles. The third-order valence-electron chi connectivity index (χ3n) is 4.22. The summed E-state index contributed by atoms with van der Waals surface area (Å²) in [5.41, 5.74) is 0.369. The van der Waals surface area contributed by atoms with Crippen molar-refractivity contribution in [2.24, 2.45) is 11.3 Å². The van der Waals surface area contributed by atoms with E-state index in [2.05, 4.69) is 24.2 Å². The molecule has 0 aromatic carbocycles. The smallest absolute Gasteiger partial charge is 0.0899 e. The number of hydrogen-bond acceptors (Lipinski definition) is 4. The summed E-state index contributed by atoms with van der Waals surface area (Å²) in [4.78, 5) is 2.26. The maximum atomic E-state index is 9.83. The van der Waals surface area contributed by atoms with Gasteiger partial charge in [0.05, 0.1) is 12.7 Å². The number of likely N-dealkylation sites (N-methyl/N-ethyl adjacent to an activating group) is 1. The molecule has 0 aromatic heterocycles. The summed E-state index contributed by atoms with van der Waals surface area (Å²) in [6, 6.07) is 0. The van der Waals surface area contributed by atoms with Crippen LogP contribution in [0.1, 0.15) is 32.6 Å². The second-order valence-corrected chi connectivity index (χ2v) is 6.54. The number of nitrogens with one attached hydrogen (secondary N) is 1. The highest BCUT2D eigenvalue weighted by atomic mass is 16.5. The molecule has 19 heavy (non-hydrogen) atoms. The normalized spacial score (nSPS) is 29.7. The molecule has 0 aliphatic heterocycles. The van der Waals surface area contributed by atoms with Gasteiger partial charge in [0.25, 0.3) is 0 Å². The SMILES string of the molecule is CNCC1(CN(C)CC(O)COC)CCCC(C)C1. The fourth-order valence-electron chi connectivity index (χ4n) is 3.75. The van der Waals surface area contributed by atoms with Gasteiger partial charge in [-0.2, -0.15) is 0 Å². The standard InChI is InChI=1S/C15H32N2O2/c1-13-6-5-7-15(8-13,11-16-2)12-17(3)9-14(18)10-19-4/h13-14,16,18H,5-12H2,1-4H3. The van der Waals surface area contributed by atoms with Gasteiger partial charge in [0, 0.05) is 26.7 Å². The predicted octanol–water partition coefficient (Wildman–Crippen LogP) is 1.34. The summed E-state index contributed by atoms with van der Waals surface area (Å²) in [6.45, 7) is 5.60. The predicted molar refractivity (Wildman–Crippen MR) is 79.4 cm³/mol. The van der Waals surface area contributed by atoms with Crippen LogP contribution in [0.4, 0.5) is 0 Å². The highest BCUT2D eigenvalue weighted by Gasteiger charge is 2.35. The third-order valence-corrected chi connectivity index (χ3v) is 4.22. The summed E-state index contributed by atoms with van der Waals surface area (Å²) in [7, 11) is 5.78. The number of aliphatic hydroxyl groups excluding tert-OH is 1. The van der Waals surface area contributed by atoms with Crippen LogP contribution in [0, 0.1) is 11.3 Å². The Kier molecular flexibility index (Phi) is 7.29. The molecule has 3 unspecified atom stereocenters. The number of aliphatic hydroxyl groups is 1. The van der Waals surface area contributed by atoms with E-state index in [0.29, 0.717) is 18.6 Å². The minimum Gasteiger partial charge on any atom is -0.389 e. The molecule has 4 heteroatoms. The third kappa shape index (κ3) is 5.78. The maximum absolute atomic E-state index is 9.83. The van der Waals surface area contributed by atoms with Crippen molar-refractivity contribution in [1.82, 2.24) is 10.2 Å². The van der Waals surface area contributed by atoms with Gasteiger partial charge in [0.15, 0.2) is 0 Å². The Labute approximate surface area is 118 Å². The molecule has 2 N–H and O–H groups in total. The molecule has 0 aromatic rings. The number of hydrogen-bond donors (Lipinski definition) is 2. The summed E-state index contributed by atoms with van der Waals surface area (Å²) < 4.78 is 5.00. The zero-order valence-corrected chi connectivity index (χ0v) is 13.1. The lowest BCUT2D eigenvalue weighted by Gasteiger charge is -2.43. The molecule has 3 atom stereocenters. The van der Waals surface area contributed by atoms with E-state index in [9.17, 15) is 5.11 Å².